The number of nitrogens with one attached hydrogen (secondary N) is 1. The van der Waals surface area contributed by atoms with Gasteiger partial charge in [-0.15, -0.1) is 11.3 Å². The van der Waals surface area contributed by atoms with E-state index in [9.17, 15) is 4.79 Å². The smallest absolute Gasteiger partial charge is 0.285 e. The zero-order valence-corrected chi connectivity index (χ0v) is 12.3. The molecule has 2 aromatic rings. The molecule has 1 fully saturated rings. The molecule has 0 saturated carbocycles. The SMILES string of the molecule is O=C(NOC1CCCCO1)c1ccc(-c2ccncc2)s1. The minimum absolute atomic E-state index is 0.241. The van der Waals surface area contributed by atoms with Gasteiger partial charge in [-0.05, 0) is 42.7 Å². The average Bonchev–Trinajstić information content (AvgIpc) is 3.04. The van der Waals surface area contributed by atoms with Crippen LogP contribution in [0.3, 0.4) is 0 Å². The first kappa shape index (κ1) is 14.2. The topological polar surface area (TPSA) is 60.5 Å². The standard InChI is InChI=1S/C15H16N2O3S/c18-15(17-20-14-3-1-2-10-19-14)13-5-4-12(21-13)11-6-8-16-9-7-11/h4-9,14H,1-3,10H2,(H,17,18). The maximum atomic E-state index is 12.0. The molecule has 0 spiro atoms. The Labute approximate surface area is 126 Å². The first-order valence-electron chi connectivity index (χ1n) is 6.91. The van der Waals surface area contributed by atoms with Crippen LogP contribution in [0, 0.1) is 0 Å². The van der Waals surface area contributed by atoms with E-state index in [4.69, 9.17) is 9.57 Å². The second-order valence-corrected chi connectivity index (χ2v) is 5.83. The quantitative estimate of drug-likeness (QED) is 0.882. The van der Waals surface area contributed by atoms with Gasteiger partial charge in [0, 0.05) is 30.3 Å². The highest BCUT2D eigenvalue weighted by Gasteiger charge is 2.17. The summed E-state index contributed by atoms with van der Waals surface area (Å²) in [6.45, 7) is 0.686. The van der Waals surface area contributed by atoms with Crippen molar-refractivity contribution in [1.29, 1.82) is 0 Å². The summed E-state index contributed by atoms with van der Waals surface area (Å²) >= 11 is 1.42. The third kappa shape index (κ3) is 3.66. The zero-order chi connectivity index (χ0) is 14.5. The van der Waals surface area contributed by atoms with E-state index >= 15 is 0 Å². The molecule has 1 aliphatic heterocycles. The summed E-state index contributed by atoms with van der Waals surface area (Å²) in [5.41, 5.74) is 3.51. The van der Waals surface area contributed by atoms with Gasteiger partial charge in [0.1, 0.15) is 0 Å². The lowest BCUT2D eigenvalue weighted by atomic mass is 10.2. The molecule has 21 heavy (non-hydrogen) atoms. The number of carbonyl (C=O) groups is 1. The van der Waals surface area contributed by atoms with Crippen molar-refractivity contribution in [3.8, 4) is 10.4 Å². The Kier molecular flexibility index (Phi) is 4.59. The average molecular weight is 304 g/mol. The number of amides is 1. The zero-order valence-electron chi connectivity index (χ0n) is 11.5. The molecule has 0 aliphatic carbocycles. The summed E-state index contributed by atoms with van der Waals surface area (Å²) in [5.74, 6) is -0.241. The molecule has 1 atom stereocenters. The summed E-state index contributed by atoms with van der Waals surface area (Å²) in [4.78, 5) is 22.9. The van der Waals surface area contributed by atoms with Crippen LogP contribution in [0.5, 0.6) is 0 Å². The summed E-state index contributed by atoms with van der Waals surface area (Å²) in [5, 5.41) is 0. The van der Waals surface area contributed by atoms with E-state index in [-0.39, 0.29) is 12.2 Å². The molecule has 1 N–H and O–H groups in total. The van der Waals surface area contributed by atoms with E-state index in [1.807, 2.05) is 18.2 Å². The summed E-state index contributed by atoms with van der Waals surface area (Å²) in [6, 6.07) is 7.55. The summed E-state index contributed by atoms with van der Waals surface area (Å²) in [6.07, 6.45) is 6.06. The summed E-state index contributed by atoms with van der Waals surface area (Å²) in [7, 11) is 0. The van der Waals surface area contributed by atoms with Crippen LogP contribution in [0.15, 0.2) is 36.7 Å². The number of aromatic nitrogens is 1. The van der Waals surface area contributed by atoms with Gasteiger partial charge in [-0.25, -0.2) is 10.3 Å². The van der Waals surface area contributed by atoms with E-state index in [2.05, 4.69) is 10.5 Å². The minimum Gasteiger partial charge on any atom is -0.350 e. The Balaban J connectivity index is 1.59. The van der Waals surface area contributed by atoms with Gasteiger partial charge in [-0.1, -0.05) is 0 Å². The molecule has 3 rings (SSSR count). The van der Waals surface area contributed by atoms with Crippen LogP contribution in [0.4, 0.5) is 0 Å². The maximum Gasteiger partial charge on any atom is 0.285 e. The monoisotopic (exact) mass is 304 g/mol. The Morgan fingerprint density at radius 1 is 1.29 bits per heavy atom. The molecule has 1 amide bonds. The van der Waals surface area contributed by atoms with Gasteiger partial charge < -0.3 is 4.74 Å². The van der Waals surface area contributed by atoms with Crippen LogP contribution in [-0.4, -0.2) is 23.8 Å². The predicted octanol–water partition coefficient (Wildman–Crippen LogP) is 3.00. The number of carbonyl (C=O) groups excluding carboxylic acids is 1. The third-order valence-electron chi connectivity index (χ3n) is 3.22. The molecule has 1 saturated heterocycles. The van der Waals surface area contributed by atoms with Crippen LogP contribution in [0.2, 0.25) is 0 Å². The lowest BCUT2D eigenvalue weighted by Gasteiger charge is -2.21. The molecular formula is C15H16N2O3S. The van der Waals surface area contributed by atoms with Gasteiger partial charge in [-0.2, -0.15) is 0 Å². The lowest BCUT2D eigenvalue weighted by molar-refractivity contribution is -0.186. The molecule has 0 aromatic carbocycles. The third-order valence-corrected chi connectivity index (χ3v) is 4.35. The molecule has 0 radical (unpaired) electrons. The van der Waals surface area contributed by atoms with Crippen LogP contribution >= 0.6 is 11.3 Å². The van der Waals surface area contributed by atoms with Crippen LogP contribution < -0.4 is 5.48 Å². The number of ether oxygens (including phenoxy) is 1. The van der Waals surface area contributed by atoms with Gasteiger partial charge >= 0.3 is 0 Å². The number of pyridine rings is 1. The van der Waals surface area contributed by atoms with E-state index in [0.29, 0.717) is 11.5 Å². The molecule has 2 aromatic heterocycles. The molecule has 1 unspecified atom stereocenters. The van der Waals surface area contributed by atoms with Crippen molar-refractivity contribution >= 4 is 17.2 Å². The van der Waals surface area contributed by atoms with Crippen molar-refractivity contribution in [2.45, 2.75) is 25.6 Å². The fourth-order valence-electron chi connectivity index (χ4n) is 2.10. The van der Waals surface area contributed by atoms with Crippen molar-refractivity contribution in [3.05, 3.63) is 41.5 Å². The molecule has 1 aliphatic rings. The van der Waals surface area contributed by atoms with Gasteiger partial charge in [-0.3, -0.25) is 9.78 Å². The van der Waals surface area contributed by atoms with Gasteiger partial charge in [0.05, 0.1) is 4.88 Å². The second-order valence-electron chi connectivity index (χ2n) is 4.74. The fraction of sp³-hybridized carbons (Fsp3) is 0.333. The van der Waals surface area contributed by atoms with Crippen LogP contribution in [-0.2, 0) is 9.57 Å². The molecular weight excluding hydrogens is 288 g/mol. The van der Waals surface area contributed by atoms with Crippen LogP contribution in [0.1, 0.15) is 28.9 Å². The number of rotatable bonds is 4. The molecule has 110 valence electrons. The number of hydroxylamine groups is 1. The normalized spacial score (nSPS) is 18.4. The Morgan fingerprint density at radius 3 is 2.90 bits per heavy atom. The van der Waals surface area contributed by atoms with Crippen molar-refractivity contribution in [3.63, 3.8) is 0 Å². The van der Waals surface area contributed by atoms with Gasteiger partial charge in [0.2, 0.25) is 0 Å². The Hall–Kier alpha value is -1.76. The number of hydrogen-bond acceptors (Lipinski definition) is 5. The van der Waals surface area contributed by atoms with Gasteiger partial charge in [0.25, 0.3) is 5.91 Å². The van der Waals surface area contributed by atoms with E-state index in [1.165, 1.54) is 11.3 Å². The van der Waals surface area contributed by atoms with Crippen molar-refractivity contribution in [2.75, 3.05) is 6.61 Å². The highest BCUT2D eigenvalue weighted by molar-refractivity contribution is 7.17. The largest absolute Gasteiger partial charge is 0.350 e. The highest BCUT2D eigenvalue weighted by atomic mass is 32.1. The van der Waals surface area contributed by atoms with Crippen LogP contribution in [0.25, 0.3) is 10.4 Å². The first-order chi connectivity index (χ1) is 10.3. The lowest BCUT2D eigenvalue weighted by Crippen LogP contribution is -2.32. The number of nitrogens with zero attached hydrogens (tertiary/aromatic N) is 1. The second kappa shape index (κ2) is 6.80. The molecule has 3 heterocycles. The highest BCUT2D eigenvalue weighted by Crippen LogP contribution is 2.27. The van der Waals surface area contributed by atoms with E-state index < -0.39 is 0 Å². The first-order valence-corrected chi connectivity index (χ1v) is 7.72. The fourth-order valence-corrected chi connectivity index (χ4v) is 3.00. The van der Waals surface area contributed by atoms with Crippen molar-refractivity contribution in [2.24, 2.45) is 0 Å². The van der Waals surface area contributed by atoms with Gasteiger partial charge in [0.15, 0.2) is 6.29 Å². The minimum atomic E-state index is -0.331. The predicted molar refractivity (Wildman–Crippen MR) is 79.7 cm³/mol. The van der Waals surface area contributed by atoms with Crippen molar-refractivity contribution in [1.82, 2.24) is 10.5 Å². The number of hydrogen-bond donors (Lipinski definition) is 1. The molecule has 6 heteroatoms. The van der Waals surface area contributed by atoms with Crippen molar-refractivity contribution < 1.29 is 14.4 Å². The molecule has 0 bridgehead atoms. The van der Waals surface area contributed by atoms with E-state index in [1.54, 1.807) is 18.5 Å². The Bertz CT molecular complexity index is 594. The van der Waals surface area contributed by atoms with E-state index in [0.717, 1.165) is 29.7 Å². The number of thiophene rings is 1. The maximum absolute atomic E-state index is 12.0. The summed E-state index contributed by atoms with van der Waals surface area (Å²) < 4.78 is 5.40. The molecule has 5 nitrogen and oxygen atoms in total. The Morgan fingerprint density at radius 2 is 2.14 bits per heavy atom.